The summed E-state index contributed by atoms with van der Waals surface area (Å²) in [5.41, 5.74) is 4.99. The Hall–Kier alpha value is -0.330. The van der Waals surface area contributed by atoms with Crippen molar-refractivity contribution in [2.75, 3.05) is 0 Å². The third-order valence-corrected chi connectivity index (χ3v) is 4.22. The highest BCUT2D eigenvalue weighted by Gasteiger charge is 2.12. The molecule has 1 atom stereocenters. The largest absolute Gasteiger partial charge is 0.271 e. The molecule has 3 N–H and O–H groups in total. The van der Waals surface area contributed by atoms with Crippen LogP contribution in [0, 0.1) is 3.57 Å². The minimum atomic E-state index is 0.0238. The molecule has 0 fully saturated rings. The van der Waals surface area contributed by atoms with E-state index in [0.29, 0.717) is 16.5 Å². The Morgan fingerprint density at radius 2 is 1.79 bits per heavy atom. The number of benzene rings is 2. The average Bonchev–Trinajstić information content (AvgIpc) is 2.39. The van der Waals surface area contributed by atoms with Crippen LogP contribution in [0.3, 0.4) is 0 Å². The van der Waals surface area contributed by atoms with Gasteiger partial charge in [-0.15, -0.1) is 0 Å². The van der Waals surface area contributed by atoms with Crippen LogP contribution in [0.4, 0.5) is 0 Å². The maximum Gasteiger partial charge on any atom is 0.0500 e. The maximum atomic E-state index is 6.19. The number of hydrazine groups is 1. The van der Waals surface area contributed by atoms with Gasteiger partial charge >= 0.3 is 0 Å². The van der Waals surface area contributed by atoms with Crippen molar-refractivity contribution in [2.24, 2.45) is 5.84 Å². The van der Waals surface area contributed by atoms with Gasteiger partial charge in [-0.3, -0.25) is 11.3 Å². The van der Waals surface area contributed by atoms with Gasteiger partial charge in [-0.05, 0) is 64.4 Å². The van der Waals surface area contributed by atoms with Gasteiger partial charge in [-0.25, -0.2) is 0 Å². The second-order valence-corrected chi connectivity index (χ2v) is 6.30. The van der Waals surface area contributed by atoms with Gasteiger partial charge in [0.2, 0.25) is 0 Å². The topological polar surface area (TPSA) is 38.0 Å². The lowest BCUT2D eigenvalue weighted by atomic mass is 9.99. The van der Waals surface area contributed by atoms with E-state index in [2.05, 4.69) is 52.3 Å². The summed E-state index contributed by atoms with van der Waals surface area (Å²) < 4.78 is 1.20. The summed E-state index contributed by atoms with van der Waals surface area (Å²) in [5.74, 6) is 5.65. The minimum Gasteiger partial charge on any atom is -0.271 e. The SMILES string of the molecule is NNC(Cc1ccc(Cl)cc1Cl)c1ccc(I)cc1. The molecule has 2 aromatic rings. The standard InChI is InChI=1S/C14H13Cl2IN2/c15-11-4-1-10(13(16)8-11)7-14(19-18)9-2-5-12(17)6-3-9/h1-6,8,14,19H,7,18H2. The second kappa shape index (κ2) is 6.90. The molecule has 0 radical (unpaired) electrons. The highest BCUT2D eigenvalue weighted by Crippen LogP contribution is 2.26. The number of rotatable bonds is 4. The predicted octanol–water partition coefficient (Wildman–Crippen LogP) is 4.35. The molecule has 0 aliphatic carbocycles. The molecule has 0 aliphatic heterocycles. The summed E-state index contributed by atoms with van der Waals surface area (Å²) in [4.78, 5) is 0. The molecule has 0 bridgehead atoms. The molecule has 0 aromatic heterocycles. The van der Waals surface area contributed by atoms with Crippen LogP contribution in [0.2, 0.25) is 10.0 Å². The van der Waals surface area contributed by atoms with Crippen LogP contribution in [-0.4, -0.2) is 0 Å². The monoisotopic (exact) mass is 406 g/mol. The molecule has 0 saturated heterocycles. The highest BCUT2D eigenvalue weighted by atomic mass is 127. The van der Waals surface area contributed by atoms with Gasteiger partial charge in [-0.2, -0.15) is 0 Å². The molecule has 19 heavy (non-hydrogen) atoms. The van der Waals surface area contributed by atoms with Crippen molar-refractivity contribution in [1.29, 1.82) is 0 Å². The normalized spacial score (nSPS) is 12.4. The Kier molecular flexibility index (Phi) is 5.47. The third-order valence-electron chi connectivity index (χ3n) is 2.91. The molecule has 5 heteroatoms. The first-order valence-corrected chi connectivity index (χ1v) is 7.59. The van der Waals surface area contributed by atoms with Crippen LogP contribution >= 0.6 is 45.8 Å². The number of hydrogen-bond acceptors (Lipinski definition) is 2. The van der Waals surface area contributed by atoms with Gasteiger partial charge in [0.25, 0.3) is 0 Å². The zero-order valence-corrected chi connectivity index (χ0v) is 13.7. The van der Waals surface area contributed by atoms with Crippen molar-refractivity contribution in [1.82, 2.24) is 5.43 Å². The molecular weight excluding hydrogens is 394 g/mol. The Morgan fingerprint density at radius 1 is 1.11 bits per heavy atom. The number of halogens is 3. The van der Waals surface area contributed by atoms with Crippen LogP contribution < -0.4 is 11.3 Å². The van der Waals surface area contributed by atoms with E-state index in [1.54, 1.807) is 6.07 Å². The van der Waals surface area contributed by atoms with E-state index in [4.69, 9.17) is 29.0 Å². The van der Waals surface area contributed by atoms with Crippen molar-refractivity contribution in [2.45, 2.75) is 12.5 Å². The van der Waals surface area contributed by atoms with Crippen LogP contribution in [0.5, 0.6) is 0 Å². The molecule has 2 rings (SSSR count). The molecule has 1 unspecified atom stereocenters. The fourth-order valence-corrected chi connectivity index (χ4v) is 2.72. The van der Waals surface area contributed by atoms with Gasteiger partial charge < -0.3 is 0 Å². The van der Waals surface area contributed by atoms with Crippen LogP contribution in [0.25, 0.3) is 0 Å². The summed E-state index contributed by atoms with van der Waals surface area (Å²) in [6, 6.07) is 13.8. The van der Waals surface area contributed by atoms with E-state index in [9.17, 15) is 0 Å². The van der Waals surface area contributed by atoms with Crippen molar-refractivity contribution >= 4 is 45.8 Å². The summed E-state index contributed by atoms with van der Waals surface area (Å²) in [6.07, 6.45) is 0.715. The van der Waals surface area contributed by atoms with E-state index >= 15 is 0 Å². The van der Waals surface area contributed by atoms with Crippen LogP contribution in [0.1, 0.15) is 17.2 Å². The van der Waals surface area contributed by atoms with E-state index in [1.165, 1.54) is 3.57 Å². The quantitative estimate of drug-likeness (QED) is 0.450. The van der Waals surface area contributed by atoms with Crippen molar-refractivity contribution in [3.63, 3.8) is 0 Å². The minimum absolute atomic E-state index is 0.0238. The first kappa shape index (κ1) is 15.1. The van der Waals surface area contributed by atoms with Crippen molar-refractivity contribution in [3.05, 3.63) is 67.2 Å². The highest BCUT2D eigenvalue weighted by molar-refractivity contribution is 14.1. The Bertz CT molecular complexity index is 558. The maximum absolute atomic E-state index is 6.19. The van der Waals surface area contributed by atoms with Gasteiger partial charge in [0.05, 0.1) is 6.04 Å². The average molecular weight is 407 g/mol. The van der Waals surface area contributed by atoms with Crippen LogP contribution in [-0.2, 0) is 6.42 Å². The Balaban J connectivity index is 2.21. The van der Waals surface area contributed by atoms with E-state index in [0.717, 1.165) is 11.1 Å². The molecule has 0 amide bonds. The molecule has 0 spiro atoms. The van der Waals surface area contributed by atoms with E-state index in [1.807, 2.05) is 12.1 Å². The van der Waals surface area contributed by atoms with Gasteiger partial charge in [0.15, 0.2) is 0 Å². The first-order valence-electron chi connectivity index (χ1n) is 5.75. The van der Waals surface area contributed by atoms with Gasteiger partial charge in [-0.1, -0.05) is 41.4 Å². The summed E-state index contributed by atoms with van der Waals surface area (Å²) in [7, 11) is 0. The van der Waals surface area contributed by atoms with E-state index < -0.39 is 0 Å². The Labute approximate surface area is 136 Å². The number of nitrogens with one attached hydrogen (secondary N) is 1. The van der Waals surface area contributed by atoms with Crippen molar-refractivity contribution < 1.29 is 0 Å². The summed E-state index contributed by atoms with van der Waals surface area (Å²) in [5, 5.41) is 1.30. The van der Waals surface area contributed by atoms with Crippen LogP contribution in [0.15, 0.2) is 42.5 Å². The first-order chi connectivity index (χ1) is 9.10. The number of hydrogen-bond donors (Lipinski definition) is 2. The van der Waals surface area contributed by atoms with Gasteiger partial charge in [0, 0.05) is 13.6 Å². The summed E-state index contributed by atoms with van der Waals surface area (Å²) in [6.45, 7) is 0. The zero-order valence-electron chi connectivity index (χ0n) is 10.0. The third kappa shape index (κ3) is 4.07. The molecule has 2 aromatic carbocycles. The zero-order chi connectivity index (χ0) is 13.8. The lowest BCUT2D eigenvalue weighted by Crippen LogP contribution is -2.29. The fraction of sp³-hybridized carbons (Fsp3) is 0.143. The lowest BCUT2D eigenvalue weighted by Gasteiger charge is -2.17. The second-order valence-electron chi connectivity index (χ2n) is 4.21. The van der Waals surface area contributed by atoms with E-state index in [-0.39, 0.29) is 6.04 Å². The fourth-order valence-electron chi connectivity index (χ4n) is 1.88. The van der Waals surface area contributed by atoms with Gasteiger partial charge in [0.1, 0.15) is 0 Å². The summed E-state index contributed by atoms with van der Waals surface area (Å²) >= 11 is 14.4. The van der Waals surface area contributed by atoms with Crippen molar-refractivity contribution in [3.8, 4) is 0 Å². The Morgan fingerprint density at radius 3 is 2.37 bits per heavy atom. The molecule has 0 heterocycles. The molecule has 0 saturated carbocycles. The molecular formula is C14H13Cl2IN2. The number of nitrogens with two attached hydrogens (primary N) is 1. The smallest absolute Gasteiger partial charge is 0.0500 e. The molecule has 100 valence electrons. The predicted molar refractivity (Wildman–Crippen MR) is 89.4 cm³/mol. The molecule has 0 aliphatic rings. The lowest BCUT2D eigenvalue weighted by molar-refractivity contribution is 0.552. The molecule has 2 nitrogen and oxygen atoms in total.